The molecule has 0 bridgehead atoms. The van der Waals surface area contributed by atoms with Crippen LogP contribution in [0.3, 0.4) is 0 Å². The van der Waals surface area contributed by atoms with E-state index in [2.05, 4.69) is 24.1 Å². The number of hydrogen-bond donors (Lipinski definition) is 1. The quantitative estimate of drug-likeness (QED) is 0.647. The molecule has 1 fully saturated rings. The fourth-order valence-electron chi connectivity index (χ4n) is 1.75. The van der Waals surface area contributed by atoms with Crippen LogP contribution in [0.2, 0.25) is 0 Å². The molecule has 1 N–H and O–H groups in total. The molecule has 0 amide bonds. The molecule has 0 aromatic carbocycles. The minimum atomic E-state index is 0.813. The number of nitrogens with zero attached hydrogens (tertiary/aromatic N) is 1. The summed E-state index contributed by atoms with van der Waals surface area (Å²) in [5, 5.41) is 3.52. The minimum Gasteiger partial charge on any atom is -0.379 e. The fourth-order valence-corrected chi connectivity index (χ4v) is 1.75. The zero-order valence-corrected chi connectivity index (χ0v) is 10.3. The largest absolute Gasteiger partial charge is 0.379 e. The van der Waals surface area contributed by atoms with Gasteiger partial charge in [0.2, 0.25) is 0 Å². The van der Waals surface area contributed by atoms with Gasteiger partial charge in [0.25, 0.3) is 0 Å². The van der Waals surface area contributed by atoms with Crippen LogP contribution < -0.4 is 5.32 Å². The van der Waals surface area contributed by atoms with Gasteiger partial charge in [-0.05, 0) is 32.0 Å². The summed E-state index contributed by atoms with van der Waals surface area (Å²) in [6.45, 7) is 12.2. The van der Waals surface area contributed by atoms with E-state index in [0.717, 1.165) is 38.8 Å². The summed E-state index contributed by atoms with van der Waals surface area (Å²) in [6.07, 6.45) is 2.53. The third-order valence-electron chi connectivity index (χ3n) is 3.12. The van der Waals surface area contributed by atoms with Crippen molar-refractivity contribution >= 4 is 0 Å². The predicted molar refractivity (Wildman–Crippen MR) is 64.2 cm³/mol. The molecule has 1 unspecified atom stereocenters. The second kappa shape index (κ2) is 8.08. The van der Waals surface area contributed by atoms with Gasteiger partial charge in [0.15, 0.2) is 0 Å². The molecule has 0 saturated carbocycles. The van der Waals surface area contributed by atoms with Crippen LogP contribution in [0, 0.1) is 5.92 Å². The average molecular weight is 214 g/mol. The van der Waals surface area contributed by atoms with Gasteiger partial charge >= 0.3 is 0 Å². The predicted octanol–water partition coefficient (Wildman–Crippen LogP) is 1.34. The van der Waals surface area contributed by atoms with Gasteiger partial charge in [-0.1, -0.05) is 20.3 Å². The topological polar surface area (TPSA) is 24.5 Å². The van der Waals surface area contributed by atoms with Gasteiger partial charge in [0.05, 0.1) is 13.2 Å². The van der Waals surface area contributed by atoms with Crippen LogP contribution in [0.1, 0.15) is 26.7 Å². The lowest BCUT2D eigenvalue weighted by Gasteiger charge is -2.26. The van der Waals surface area contributed by atoms with E-state index < -0.39 is 0 Å². The van der Waals surface area contributed by atoms with Crippen molar-refractivity contribution in [2.45, 2.75) is 26.7 Å². The monoisotopic (exact) mass is 214 g/mol. The summed E-state index contributed by atoms with van der Waals surface area (Å²) in [4.78, 5) is 2.49. The van der Waals surface area contributed by atoms with Crippen molar-refractivity contribution < 1.29 is 4.74 Å². The van der Waals surface area contributed by atoms with Gasteiger partial charge in [-0.3, -0.25) is 4.90 Å². The SMILES string of the molecule is CCC(C)CNCCCN1CCOCC1. The van der Waals surface area contributed by atoms with E-state index in [1.54, 1.807) is 0 Å². The Hall–Kier alpha value is -0.120. The number of hydrogen-bond acceptors (Lipinski definition) is 3. The van der Waals surface area contributed by atoms with E-state index in [0.29, 0.717) is 0 Å². The molecule has 1 aliphatic heterocycles. The Morgan fingerprint density at radius 2 is 2.07 bits per heavy atom. The van der Waals surface area contributed by atoms with Crippen LogP contribution in [-0.2, 0) is 4.74 Å². The molecule has 1 aliphatic rings. The number of ether oxygens (including phenoxy) is 1. The van der Waals surface area contributed by atoms with Gasteiger partial charge in [0.1, 0.15) is 0 Å². The van der Waals surface area contributed by atoms with Crippen molar-refractivity contribution in [2.24, 2.45) is 5.92 Å². The standard InChI is InChI=1S/C12H26N2O/c1-3-12(2)11-13-5-4-6-14-7-9-15-10-8-14/h12-13H,3-11H2,1-2H3. The van der Waals surface area contributed by atoms with Crippen LogP contribution in [0.4, 0.5) is 0 Å². The minimum absolute atomic E-state index is 0.813. The Morgan fingerprint density at radius 1 is 1.33 bits per heavy atom. The Labute approximate surface area is 94.2 Å². The molecule has 0 aromatic rings. The van der Waals surface area contributed by atoms with Gasteiger partial charge in [-0.15, -0.1) is 0 Å². The first-order chi connectivity index (χ1) is 7.33. The van der Waals surface area contributed by atoms with Crippen LogP contribution in [0.25, 0.3) is 0 Å². The van der Waals surface area contributed by atoms with E-state index in [1.165, 1.54) is 25.9 Å². The third-order valence-corrected chi connectivity index (χ3v) is 3.12. The highest BCUT2D eigenvalue weighted by Gasteiger charge is 2.08. The first-order valence-electron chi connectivity index (χ1n) is 6.33. The van der Waals surface area contributed by atoms with Crippen LogP contribution in [-0.4, -0.2) is 50.8 Å². The van der Waals surface area contributed by atoms with Gasteiger partial charge in [-0.2, -0.15) is 0 Å². The van der Waals surface area contributed by atoms with Crippen molar-refractivity contribution in [1.82, 2.24) is 10.2 Å². The lowest BCUT2D eigenvalue weighted by Crippen LogP contribution is -2.37. The number of morpholine rings is 1. The lowest BCUT2D eigenvalue weighted by atomic mass is 10.1. The maximum absolute atomic E-state index is 5.32. The molecule has 90 valence electrons. The summed E-state index contributed by atoms with van der Waals surface area (Å²) in [7, 11) is 0. The van der Waals surface area contributed by atoms with Gasteiger partial charge in [0, 0.05) is 13.1 Å². The Kier molecular flexibility index (Phi) is 6.98. The molecular weight excluding hydrogens is 188 g/mol. The zero-order chi connectivity index (χ0) is 10.9. The number of rotatable bonds is 7. The van der Waals surface area contributed by atoms with Crippen LogP contribution in [0.5, 0.6) is 0 Å². The van der Waals surface area contributed by atoms with E-state index in [-0.39, 0.29) is 0 Å². The second-order valence-electron chi connectivity index (χ2n) is 4.53. The normalized spacial score (nSPS) is 20.4. The van der Waals surface area contributed by atoms with Gasteiger partial charge < -0.3 is 10.1 Å². The molecule has 3 heteroatoms. The summed E-state index contributed by atoms with van der Waals surface area (Å²) in [6, 6.07) is 0. The van der Waals surface area contributed by atoms with E-state index in [4.69, 9.17) is 4.74 Å². The Bertz CT molecular complexity index is 147. The Morgan fingerprint density at radius 3 is 2.73 bits per heavy atom. The molecule has 1 saturated heterocycles. The van der Waals surface area contributed by atoms with Crippen molar-refractivity contribution in [3.63, 3.8) is 0 Å². The summed E-state index contributed by atoms with van der Waals surface area (Å²) in [5.74, 6) is 0.813. The molecular formula is C12H26N2O. The molecule has 1 rings (SSSR count). The zero-order valence-electron chi connectivity index (χ0n) is 10.3. The highest BCUT2D eigenvalue weighted by atomic mass is 16.5. The molecule has 1 heterocycles. The Balaban J connectivity index is 1.87. The maximum Gasteiger partial charge on any atom is 0.0594 e. The third kappa shape index (κ3) is 6.13. The summed E-state index contributed by atoms with van der Waals surface area (Å²) in [5.41, 5.74) is 0. The van der Waals surface area contributed by atoms with Crippen molar-refractivity contribution in [3.05, 3.63) is 0 Å². The van der Waals surface area contributed by atoms with E-state index >= 15 is 0 Å². The molecule has 3 nitrogen and oxygen atoms in total. The molecule has 0 spiro atoms. The van der Waals surface area contributed by atoms with Crippen molar-refractivity contribution in [2.75, 3.05) is 45.9 Å². The highest BCUT2D eigenvalue weighted by molar-refractivity contribution is 4.63. The lowest BCUT2D eigenvalue weighted by molar-refractivity contribution is 0.0374. The van der Waals surface area contributed by atoms with Crippen LogP contribution in [0.15, 0.2) is 0 Å². The molecule has 0 aromatic heterocycles. The highest BCUT2D eigenvalue weighted by Crippen LogP contribution is 1.99. The van der Waals surface area contributed by atoms with E-state index in [9.17, 15) is 0 Å². The fraction of sp³-hybridized carbons (Fsp3) is 1.00. The van der Waals surface area contributed by atoms with Crippen molar-refractivity contribution in [1.29, 1.82) is 0 Å². The average Bonchev–Trinajstić information content (AvgIpc) is 2.29. The van der Waals surface area contributed by atoms with E-state index in [1.807, 2.05) is 0 Å². The van der Waals surface area contributed by atoms with Gasteiger partial charge in [-0.25, -0.2) is 0 Å². The summed E-state index contributed by atoms with van der Waals surface area (Å²) >= 11 is 0. The first kappa shape index (κ1) is 12.9. The number of nitrogens with one attached hydrogen (secondary N) is 1. The molecule has 15 heavy (non-hydrogen) atoms. The smallest absolute Gasteiger partial charge is 0.0594 e. The molecule has 0 radical (unpaired) electrons. The maximum atomic E-state index is 5.32. The molecule has 0 aliphatic carbocycles. The molecule has 1 atom stereocenters. The summed E-state index contributed by atoms with van der Waals surface area (Å²) < 4.78 is 5.32. The second-order valence-corrected chi connectivity index (χ2v) is 4.53. The van der Waals surface area contributed by atoms with Crippen molar-refractivity contribution in [3.8, 4) is 0 Å². The van der Waals surface area contributed by atoms with Crippen LogP contribution >= 0.6 is 0 Å². The first-order valence-corrected chi connectivity index (χ1v) is 6.33.